The normalized spacial score (nSPS) is 25.4. The van der Waals surface area contributed by atoms with E-state index < -0.39 is 0 Å². The fourth-order valence-electron chi connectivity index (χ4n) is 2.21. The Bertz CT molecular complexity index is 210. The summed E-state index contributed by atoms with van der Waals surface area (Å²) >= 11 is 0. The summed E-state index contributed by atoms with van der Waals surface area (Å²) in [6.07, 6.45) is 6.49. The van der Waals surface area contributed by atoms with Crippen molar-refractivity contribution in [1.29, 1.82) is 0 Å². The van der Waals surface area contributed by atoms with Gasteiger partial charge in [0, 0.05) is 19.5 Å². The van der Waals surface area contributed by atoms with Crippen LogP contribution in [0.4, 0.5) is 0 Å². The van der Waals surface area contributed by atoms with Gasteiger partial charge in [0.25, 0.3) is 0 Å². The van der Waals surface area contributed by atoms with Crippen LogP contribution in [0.1, 0.15) is 52.4 Å². The number of nitrogens with one attached hydrogen (secondary N) is 2. The lowest BCUT2D eigenvalue weighted by Gasteiger charge is -2.34. The topological polar surface area (TPSA) is 41.1 Å². The molecule has 0 bridgehead atoms. The lowest BCUT2D eigenvalue weighted by Crippen LogP contribution is -2.45. The molecule has 2 N–H and O–H groups in total. The molecule has 1 heterocycles. The first-order valence-corrected chi connectivity index (χ1v) is 6.64. The van der Waals surface area contributed by atoms with E-state index in [1.54, 1.807) is 0 Å². The molecule has 0 aromatic rings. The van der Waals surface area contributed by atoms with Gasteiger partial charge in [-0.05, 0) is 31.2 Å². The van der Waals surface area contributed by atoms with Crippen LogP contribution in [0.2, 0.25) is 0 Å². The number of carbonyl (C=O) groups excluding carboxylic acids is 1. The van der Waals surface area contributed by atoms with Crippen LogP contribution in [-0.2, 0) is 4.79 Å². The maximum absolute atomic E-state index is 11.6. The van der Waals surface area contributed by atoms with Gasteiger partial charge >= 0.3 is 0 Å². The van der Waals surface area contributed by atoms with Crippen LogP contribution >= 0.6 is 0 Å². The molecule has 3 heteroatoms. The third-order valence-electron chi connectivity index (χ3n) is 3.41. The summed E-state index contributed by atoms with van der Waals surface area (Å²) < 4.78 is 0. The Morgan fingerprint density at radius 1 is 1.44 bits per heavy atom. The average Bonchev–Trinajstić information content (AvgIpc) is 2.28. The van der Waals surface area contributed by atoms with E-state index in [9.17, 15) is 4.79 Å². The zero-order valence-corrected chi connectivity index (χ0v) is 10.8. The van der Waals surface area contributed by atoms with Gasteiger partial charge in [-0.1, -0.05) is 26.7 Å². The Balaban J connectivity index is 2.14. The van der Waals surface area contributed by atoms with Gasteiger partial charge in [-0.15, -0.1) is 0 Å². The Labute approximate surface area is 99.4 Å². The molecule has 3 nitrogen and oxygen atoms in total. The molecule has 1 aliphatic heterocycles. The number of unbranched alkanes of at least 4 members (excludes halogenated alkanes) is 2. The summed E-state index contributed by atoms with van der Waals surface area (Å²) in [4.78, 5) is 11.6. The average molecular weight is 226 g/mol. The molecule has 1 amide bonds. The van der Waals surface area contributed by atoms with Gasteiger partial charge in [-0.25, -0.2) is 0 Å². The summed E-state index contributed by atoms with van der Waals surface area (Å²) in [5.74, 6) is 0.222. The number of hydrogen-bond acceptors (Lipinski definition) is 2. The minimum absolute atomic E-state index is 0.222. The van der Waals surface area contributed by atoms with Gasteiger partial charge < -0.3 is 10.6 Å². The highest BCUT2D eigenvalue weighted by atomic mass is 16.1. The van der Waals surface area contributed by atoms with Crippen molar-refractivity contribution in [1.82, 2.24) is 10.6 Å². The van der Waals surface area contributed by atoms with E-state index in [2.05, 4.69) is 24.5 Å². The van der Waals surface area contributed by atoms with Crippen molar-refractivity contribution >= 4 is 5.91 Å². The first-order chi connectivity index (χ1) is 7.66. The minimum Gasteiger partial charge on any atom is -0.356 e. The Morgan fingerprint density at radius 3 is 2.88 bits per heavy atom. The van der Waals surface area contributed by atoms with Crippen molar-refractivity contribution in [3.05, 3.63) is 0 Å². The second-order valence-electron chi connectivity index (χ2n) is 5.32. The number of piperidine rings is 1. The van der Waals surface area contributed by atoms with Crippen LogP contribution in [0.3, 0.4) is 0 Å². The standard InChI is InChI=1S/C13H26N2O/c1-3-4-5-7-12(16)15-11-13(2)8-6-9-14-10-13/h14H,3-11H2,1-2H3,(H,15,16). The molecule has 0 radical (unpaired) electrons. The Kier molecular flexibility index (Phi) is 5.81. The summed E-state index contributed by atoms with van der Waals surface area (Å²) in [5.41, 5.74) is 0.263. The van der Waals surface area contributed by atoms with Crippen molar-refractivity contribution in [2.75, 3.05) is 19.6 Å². The Morgan fingerprint density at radius 2 is 2.25 bits per heavy atom. The second kappa shape index (κ2) is 6.89. The largest absolute Gasteiger partial charge is 0.356 e. The number of carbonyl (C=O) groups is 1. The summed E-state index contributed by atoms with van der Waals surface area (Å²) in [6, 6.07) is 0. The van der Waals surface area contributed by atoms with Crippen LogP contribution in [-0.4, -0.2) is 25.5 Å². The van der Waals surface area contributed by atoms with Gasteiger partial charge in [0.1, 0.15) is 0 Å². The van der Waals surface area contributed by atoms with Crippen molar-refractivity contribution in [2.24, 2.45) is 5.41 Å². The minimum atomic E-state index is 0.222. The van der Waals surface area contributed by atoms with E-state index in [0.717, 1.165) is 32.5 Å². The van der Waals surface area contributed by atoms with Gasteiger partial charge in [0.05, 0.1) is 0 Å². The highest BCUT2D eigenvalue weighted by Crippen LogP contribution is 2.24. The number of amides is 1. The van der Waals surface area contributed by atoms with E-state index in [1.807, 2.05) is 0 Å². The Hall–Kier alpha value is -0.570. The van der Waals surface area contributed by atoms with Gasteiger partial charge in [-0.3, -0.25) is 4.79 Å². The molecule has 1 fully saturated rings. The highest BCUT2D eigenvalue weighted by Gasteiger charge is 2.26. The van der Waals surface area contributed by atoms with E-state index in [0.29, 0.717) is 6.42 Å². The van der Waals surface area contributed by atoms with Gasteiger partial charge in [0.15, 0.2) is 0 Å². The van der Waals surface area contributed by atoms with Crippen LogP contribution < -0.4 is 10.6 Å². The zero-order chi connectivity index (χ0) is 11.9. The van der Waals surface area contributed by atoms with E-state index >= 15 is 0 Å². The molecule has 0 aromatic heterocycles. The van der Waals surface area contributed by atoms with Crippen LogP contribution in [0, 0.1) is 5.41 Å². The first-order valence-electron chi connectivity index (χ1n) is 6.64. The highest BCUT2D eigenvalue weighted by molar-refractivity contribution is 5.75. The fourth-order valence-corrected chi connectivity index (χ4v) is 2.21. The van der Waals surface area contributed by atoms with E-state index in [1.165, 1.54) is 19.3 Å². The SMILES string of the molecule is CCCCCC(=O)NCC1(C)CCCNC1. The summed E-state index contributed by atoms with van der Waals surface area (Å²) in [5, 5.41) is 6.47. The second-order valence-corrected chi connectivity index (χ2v) is 5.32. The maximum atomic E-state index is 11.6. The molecule has 0 aromatic carbocycles. The molecule has 94 valence electrons. The fraction of sp³-hybridized carbons (Fsp3) is 0.923. The van der Waals surface area contributed by atoms with Crippen LogP contribution in [0.25, 0.3) is 0 Å². The third kappa shape index (κ3) is 4.97. The predicted molar refractivity (Wildman–Crippen MR) is 67.4 cm³/mol. The summed E-state index contributed by atoms with van der Waals surface area (Å²) in [6.45, 7) is 7.39. The zero-order valence-electron chi connectivity index (χ0n) is 10.8. The van der Waals surface area contributed by atoms with Crippen LogP contribution in [0.15, 0.2) is 0 Å². The molecule has 0 aliphatic carbocycles. The first kappa shape index (κ1) is 13.5. The lowest BCUT2D eigenvalue weighted by atomic mass is 9.83. The summed E-state index contributed by atoms with van der Waals surface area (Å²) in [7, 11) is 0. The molecule has 1 saturated heterocycles. The van der Waals surface area contributed by atoms with Crippen LogP contribution in [0.5, 0.6) is 0 Å². The molecular weight excluding hydrogens is 200 g/mol. The van der Waals surface area contributed by atoms with Crippen molar-refractivity contribution in [2.45, 2.75) is 52.4 Å². The van der Waals surface area contributed by atoms with E-state index in [-0.39, 0.29) is 11.3 Å². The molecule has 16 heavy (non-hydrogen) atoms. The monoisotopic (exact) mass is 226 g/mol. The van der Waals surface area contributed by atoms with Gasteiger partial charge in [0.2, 0.25) is 5.91 Å². The molecule has 0 spiro atoms. The lowest BCUT2D eigenvalue weighted by molar-refractivity contribution is -0.121. The quantitative estimate of drug-likeness (QED) is 0.681. The molecular formula is C13H26N2O. The van der Waals surface area contributed by atoms with Gasteiger partial charge in [-0.2, -0.15) is 0 Å². The maximum Gasteiger partial charge on any atom is 0.220 e. The number of hydrogen-bond donors (Lipinski definition) is 2. The van der Waals surface area contributed by atoms with Crippen molar-refractivity contribution in [3.8, 4) is 0 Å². The smallest absolute Gasteiger partial charge is 0.220 e. The number of rotatable bonds is 6. The molecule has 1 aliphatic rings. The van der Waals surface area contributed by atoms with Crippen molar-refractivity contribution < 1.29 is 4.79 Å². The molecule has 1 unspecified atom stereocenters. The molecule has 1 rings (SSSR count). The third-order valence-corrected chi connectivity index (χ3v) is 3.41. The van der Waals surface area contributed by atoms with E-state index in [4.69, 9.17) is 0 Å². The molecule has 0 saturated carbocycles. The molecule has 1 atom stereocenters. The predicted octanol–water partition coefficient (Wildman–Crippen LogP) is 2.07. The van der Waals surface area contributed by atoms with Crippen molar-refractivity contribution in [3.63, 3.8) is 0 Å².